The van der Waals surface area contributed by atoms with E-state index >= 15 is 0 Å². The van der Waals surface area contributed by atoms with E-state index in [0.717, 1.165) is 12.1 Å². The Kier molecular flexibility index (Phi) is 5.15. The van der Waals surface area contributed by atoms with Crippen molar-refractivity contribution in [2.24, 2.45) is 0 Å². The largest absolute Gasteiger partial charge is 0.486 e. The molecule has 0 radical (unpaired) electrons. The molecular weight excluding hydrogens is 254 g/mol. The third-order valence-electron chi connectivity index (χ3n) is 1.87. The standard InChI is InChI=1S/C11H11ClF2O3/c1-2-16-11(15)7-3-4-8(13)10(9(7)14)17-6-5-12/h3-4H,2,5-6H2,1H3. The third kappa shape index (κ3) is 3.30. The average molecular weight is 265 g/mol. The van der Waals surface area contributed by atoms with Crippen molar-refractivity contribution in [3.05, 3.63) is 29.3 Å². The highest BCUT2D eigenvalue weighted by Gasteiger charge is 2.20. The van der Waals surface area contributed by atoms with Gasteiger partial charge in [0, 0.05) is 0 Å². The molecule has 0 amide bonds. The smallest absolute Gasteiger partial charge is 0.341 e. The summed E-state index contributed by atoms with van der Waals surface area (Å²) in [5, 5.41) is 0. The lowest BCUT2D eigenvalue weighted by molar-refractivity contribution is 0.0519. The highest BCUT2D eigenvalue weighted by Crippen LogP contribution is 2.25. The zero-order valence-corrected chi connectivity index (χ0v) is 9.89. The molecule has 17 heavy (non-hydrogen) atoms. The first-order valence-electron chi connectivity index (χ1n) is 4.95. The predicted octanol–water partition coefficient (Wildman–Crippen LogP) is 2.76. The molecule has 0 aliphatic carbocycles. The van der Waals surface area contributed by atoms with Gasteiger partial charge in [0.1, 0.15) is 6.61 Å². The van der Waals surface area contributed by atoms with E-state index in [2.05, 4.69) is 4.74 Å². The molecule has 1 rings (SSSR count). The fraction of sp³-hybridized carbons (Fsp3) is 0.364. The second-order valence-corrected chi connectivity index (χ2v) is 3.37. The van der Waals surface area contributed by atoms with Gasteiger partial charge in [0.05, 0.1) is 18.1 Å². The number of hydrogen-bond acceptors (Lipinski definition) is 3. The zero-order chi connectivity index (χ0) is 12.8. The minimum Gasteiger partial charge on any atom is -0.486 e. The van der Waals surface area contributed by atoms with E-state index in [-0.39, 0.29) is 24.7 Å². The maximum atomic E-state index is 13.7. The normalized spacial score (nSPS) is 10.1. The maximum absolute atomic E-state index is 13.7. The molecule has 94 valence electrons. The van der Waals surface area contributed by atoms with Crippen molar-refractivity contribution in [1.29, 1.82) is 0 Å². The van der Waals surface area contributed by atoms with Crippen LogP contribution in [0.4, 0.5) is 8.78 Å². The van der Waals surface area contributed by atoms with Crippen LogP contribution in [0.25, 0.3) is 0 Å². The molecule has 0 aliphatic heterocycles. The van der Waals surface area contributed by atoms with Crippen molar-refractivity contribution < 1.29 is 23.0 Å². The lowest BCUT2D eigenvalue weighted by atomic mass is 10.2. The first-order chi connectivity index (χ1) is 8.11. The van der Waals surface area contributed by atoms with Gasteiger partial charge in [-0.2, -0.15) is 0 Å². The quantitative estimate of drug-likeness (QED) is 0.606. The number of carbonyl (C=O) groups is 1. The summed E-state index contributed by atoms with van der Waals surface area (Å²) >= 11 is 5.35. The minimum absolute atomic E-state index is 0.0539. The topological polar surface area (TPSA) is 35.5 Å². The van der Waals surface area contributed by atoms with Crippen molar-refractivity contribution in [1.82, 2.24) is 0 Å². The molecule has 3 nitrogen and oxygen atoms in total. The zero-order valence-electron chi connectivity index (χ0n) is 9.13. The van der Waals surface area contributed by atoms with Gasteiger partial charge in [-0.3, -0.25) is 0 Å². The first kappa shape index (κ1) is 13.7. The summed E-state index contributed by atoms with van der Waals surface area (Å²) in [6.45, 7) is 1.64. The number of hydrogen-bond donors (Lipinski definition) is 0. The third-order valence-corrected chi connectivity index (χ3v) is 2.02. The Morgan fingerprint density at radius 3 is 2.71 bits per heavy atom. The predicted molar refractivity (Wildman–Crippen MR) is 58.5 cm³/mol. The number of ether oxygens (including phenoxy) is 2. The molecule has 1 aromatic carbocycles. The van der Waals surface area contributed by atoms with Crippen molar-refractivity contribution in [2.75, 3.05) is 19.1 Å². The highest BCUT2D eigenvalue weighted by molar-refractivity contribution is 6.18. The summed E-state index contributed by atoms with van der Waals surface area (Å²) in [5.41, 5.74) is -0.363. The van der Waals surface area contributed by atoms with Gasteiger partial charge in [0.25, 0.3) is 0 Å². The van der Waals surface area contributed by atoms with Crippen LogP contribution in [-0.2, 0) is 4.74 Å². The van der Waals surface area contributed by atoms with E-state index in [0.29, 0.717) is 0 Å². The maximum Gasteiger partial charge on any atom is 0.341 e. The fourth-order valence-corrected chi connectivity index (χ4v) is 1.25. The van der Waals surface area contributed by atoms with E-state index in [1.165, 1.54) is 0 Å². The van der Waals surface area contributed by atoms with Crippen LogP contribution in [0.5, 0.6) is 5.75 Å². The number of benzene rings is 1. The van der Waals surface area contributed by atoms with Gasteiger partial charge in [0.15, 0.2) is 17.4 Å². The molecule has 0 fully saturated rings. The molecule has 0 unspecified atom stereocenters. The van der Waals surface area contributed by atoms with Gasteiger partial charge >= 0.3 is 5.97 Å². The van der Waals surface area contributed by atoms with E-state index in [4.69, 9.17) is 16.3 Å². The Morgan fingerprint density at radius 1 is 1.41 bits per heavy atom. The van der Waals surface area contributed by atoms with Crippen molar-refractivity contribution >= 4 is 17.6 Å². The first-order valence-corrected chi connectivity index (χ1v) is 5.49. The van der Waals surface area contributed by atoms with Crippen LogP contribution < -0.4 is 4.74 Å². The van der Waals surface area contributed by atoms with Crippen molar-refractivity contribution in [3.8, 4) is 5.75 Å². The van der Waals surface area contributed by atoms with Crippen LogP contribution in [0.15, 0.2) is 12.1 Å². The van der Waals surface area contributed by atoms with Gasteiger partial charge < -0.3 is 9.47 Å². The van der Waals surface area contributed by atoms with Gasteiger partial charge in [-0.25, -0.2) is 13.6 Å². The second-order valence-electron chi connectivity index (χ2n) is 3.00. The molecule has 0 aliphatic rings. The summed E-state index contributed by atoms with van der Waals surface area (Å²) in [4.78, 5) is 11.3. The monoisotopic (exact) mass is 264 g/mol. The Hall–Kier alpha value is -1.36. The van der Waals surface area contributed by atoms with Gasteiger partial charge in [0.2, 0.25) is 0 Å². The number of alkyl halides is 1. The van der Waals surface area contributed by atoms with Crippen LogP contribution in [0.3, 0.4) is 0 Å². The average Bonchev–Trinajstić information content (AvgIpc) is 2.29. The molecule has 6 heteroatoms. The molecule has 0 atom stereocenters. The Labute approximate surface area is 102 Å². The highest BCUT2D eigenvalue weighted by atomic mass is 35.5. The van der Waals surface area contributed by atoms with Gasteiger partial charge in [-0.15, -0.1) is 11.6 Å². The van der Waals surface area contributed by atoms with E-state index in [9.17, 15) is 13.6 Å². The van der Waals surface area contributed by atoms with E-state index in [1.54, 1.807) is 6.92 Å². The molecule has 0 N–H and O–H groups in total. The van der Waals surface area contributed by atoms with E-state index in [1.807, 2.05) is 0 Å². The van der Waals surface area contributed by atoms with Crippen LogP contribution in [0, 0.1) is 11.6 Å². The molecule has 0 saturated heterocycles. The van der Waals surface area contributed by atoms with Crippen molar-refractivity contribution in [3.63, 3.8) is 0 Å². The molecule has 0 spiro atoms. The van der Waals surface area contributed by atoms with Crippen molar-refractivity contribution in [2.45, 2.75) is 6.92 Å². The fourth-order valence-electron chi connectivity index (χ4n) is 1.17. The van der Waals surface area contributed by atoms with Crippen LogP contribution in [0.1, 0.15) is 17.3 Å². The number of esters is 1. The number of halogens is 3. The number of rotatable bonds is 5. The second kappa shape index (κ2) is 6.39. The van der Waals surface area contributed by atoms with Gasteiger partial charge in [-0.1, -0.05) is 0 Å². The lowest BCUT2D eigenvalue weighted by Crippen LogP contribution is -2.10. The summed E-state index contributed by atoms with van der Waals surface area (Å²) in [6, 6.07) is 1.95. The summed E-state index contributed by atoms with van der Waals surface area (Å²) in [5.74, 6) is -3.35. The van der Waals surface area contributed by atoms with Gasteiger partial charge in [-0.05, 0) is 19.1 Å². The molecule has 0 saturated carbocycles. The van der Waals surface area contributed by atoms with Crippen LogP contribution in [-0.4, -0.2) is 25.1 Å². The molecular formula is C11H11ClF2O3. The molecule has 1 aromatic rings. The lowest BCUT2D eigenvalue weighted by Gasteiger charge is -2.09. The molecule has 0 heterocycles. The van der Waals surface area contributed by atoms with Crippen LogP contribution >= 0.6 is 11.6 Å². The number of carbonyl (C=O) groups excluding carboxylic acids is 1. The Balaban J connectivity index is 3.05. The Bertz CT molecular complexity index is 410. The SMILES string of the molecule is CCOC(=O)c1ccc(F)c(OCCCl)c1F. The van der Waals surface area contributed by atoms with E-state index < -0.39 is 23.4 Å². The summed E-state index contributed by atoms with van der Waals surface area (Å²) in [6.07, 6.45) is 0. The molecule has 0 aromatic heterocycles. The summed E-state index contributed by atoms with van der Waals surface area (Å²) in [7, 11) is 0. The molecule has 0 bridgehead atoms. The summed E-state index contributed by atoms with van der Waals surface area (Å²) < 4.78 is 36.4. The Morgan fingerprint density at radius 2 is 2.12 bits per heavy atom. The van der Waals surface area contributed by atoms with Crippen LogP contribution in [0.2, 0.25) is 0 Å². The minimum atomic E-state index is -1.08.